The topological polar surface area (TPSA) is 56.9 Å². The first-order valence-corrected chi connectivity index (χ1v) is 7.49. The predicted octanol–water partition coefficient (Wildman–Crippen LogP) is 1.41. The fraction of sp³-hybridized carbons (Fsp3) is 0.667. The van der Waals surface area contributed by atoms with Crippen molar-refractivity contribution >= 4 is 0 Å². The third-order valence-corrected chi connectivity index (χ3v) is 4.39. The maximum absolute atomic E-state index is 11.4. The summed E-state index contributed by atoms with van der Waals surface area (Å²) in [6.45, 7) is 5.29. The van der Waals surface area contributed by atoms with Crippen LogP contribution in [0.2, 0.25) is 0 Å². The second-order valence-electron chi connectivity index (χ2n) is 5.87. The third-order valence-electron chi connectivity index (χ3n) is 4.39. The van der Waals surface area contributed by atoms with Gasteiger partial charge in [0.05, 0.1) is 6.54 Å². The van der Waals surface area contributed by atoms with Gasteiger partial charge in [-0.15, -0.1) is 0 Å². The molecule has 0 amide bonds. The Morgan fingerprint density at radius 3 is 2.80 bits per heavy atom. The van der Waals surface area contributed by atoms with E-state index < -0.39 is 0 Å². The monoisotopic (exact) mass is 278 g/mol. The molecular formula is C15H22N2O3. The lowest BCUT2D eigenvalue weighted by molar-refractivity contribution is 0.174. The van der Waals surface area contributed by atoms with Crippen LogP contribution >= 0.6 is 0 Å². The lowest BCUT2D eigenvalue weighted by Gasteiger charge is -2.27. The lowest BCUT2D eigenvalue weighted by atomic mass is 10.2. The number of rotatable bonds is 4. The predicted molar refractivity (Wildman–Crippen MR) is 75.7 cm³/mol. The number of likely N-dealkylation sites (tertiary alicyclic amines) is 2. The van der Waals surface area contributed by atoms with Crippen LogP contribution in [-0.2, 0) is 6.54 Å². The molecule has 0 spiro atoms. The molecule has 2 fully saturated rings. The van der Waals surface area contributed by atoms with Gasteiger partial charge in [0.2, 0.25) is 5.43 Å². The minimum atomic E-state index is -0.360. The van der Waals surface area contributed by atoms with Crippen LogP contribution in [0.4, 0.5) is 0 Å². The summed E-state index contributed by atoms with van der Waals surface area (Å²) in [6, 6.07) is 1.97. The van der Waals surface area contributed by atoms with Crippen LogP contribution in [0.1, 0.15) is 31.4 Å². The zero-order valence-corrected chi connectivity index (χ0v) is 11.8. The Bertz CT molecular complexity index is 508. The molecule has 2 saturated heterocycles. The van der Waals surface area contributed by atoms with Crippen molar-refractivity contribution in [2.75, 3.05) is 26.2 Å². The molecule has 0 saturated carbocycles. The first kappa shape index (κ1) is 13.6. The Balaban J connectivity index is 1.62. The summed E-state index contributed by atoms with van der Waals surface area (Å²) in [4.78, 5) is 16.4. The first-order valence-electron chi connectivity index (χ1n) is 7.49. The Morgan fingerprint density at radius 2 is 2.05 bits per heavy atom. The second-order valence-corrected chi connectivity index (χ2v) is 5.87. The van der Waals surface area contributed by atoms with Crippen molar-refractivity contribution in [3.05, 3.63) is 28.3 Å². The van der Waals surface area contributed by atoms with Crippen LogP contribution in [0.5, 0.6) is 5.75 Å². The zero-order chi connectivity index (χ0) is 13.9. The fourth-order valence-electron chi connectivity index (χ4n) is 3.30. The van der Waals surface area contributed by atoms with E-state index in [-0.39, 0.29) is 11.2 Å². The number of aromatic hydroxyl groups is 1. The van der Waals surface area contributed by atoms with Crippen molar-refractivity contribution in [3.63, 3.8) is 0 Å². The average molecular weight is 278 g/mol. The highest BCUT2D eigenvalue weighted by Crippen LogP contribution is 2.22. The van der Waals surface area contributed by atoms with Crippen molar-refractivity contribution in [2.45, 2.75) is 38.3 Å². The quantitative estimate of drug-likeness (QED) is 0.902. The van der Waals surface area contributed by atoms with E-state index in [0.29, 0.717) is 18.3 Å². The van der Waals surface area contributed by atoms with E-state index in [4.69, 9.17) is 4.42 Å². The molecule has 110 valence electrons. The lowest BCUT2D eigenvalue weighted by Crippen LogP contribution is -2.39. The highest BCUT2D eigenvalue weighted by Gasteiger charge is 2.27. The highest BCUT2D eigenvalue weighted by molar-refractivity contribution is 5.15. The van der Waals surface area contributed by atoms with Crippen molar-refractivity contribution in [3.8, 4) is 5.75 Å². The molecule has 3 rings (SSSR count). The maximum Gasteiger partial charge on any atom is 0.226 e. The summed E-state index contributed by atoms with van der Waals surface area (Å²) in [5, 5.41) is 9.22. The van der Waals surface area contributed by atoms with E-state index in [1.807, 2.05) is 0 Å². The molecule has 1 aromatic heterocycles. The summed E-state index contributed by atoms with van der Waals surface area (Å²) in [5.74, 6) is 0.324. The smallest absolute Gasteiger partial charge is 0.226 e. The molecule has 5 nitrogen and oxygen atoms in total. The van der Waals surface area contributed by atoms with Crippen LogP contribution in [0.25, 0.3) is 0 Å². The third kappa shape index (κ3) is 3.04. The van der Waals surface area contributed by atoms with Gasteiger partial charge in [-0.3, -0.25) is 9.69 Å². The molecule has 1 N–H and O–H groups in total. The Hall–Kier alpha value is -1.33. The molecule has 1 atom stereocenters. The van der Waals surface area contributed by atoms with Gasteiger partial charge in [0.1, 0.15) is 12.0 Å². The molecular weight excluding hydrogens is 256 g/mol. The Morgan fingerprint density at radius 1 is 1.25 bits per heavy atom. The van der Waals surface area contributed by atoms with E-state index >= 15 is 0 Å². The maximum atomic E-state index is 11.4. The van der Waals surface area contributed by atoms with E-state index in [9.17, 15) is 9.90 Å². The van der Waals surface area contributed by atoms with E-state index in [1.165, 1.54) is 44.8 Å². The van der Waals surface area contributed by atoms with Crippen LogP contribution < -0.4 is 5.43 Å². The number of nitrogens with zero attached hydrogens (tertiary/aromatic N) is 2. The van der Waals surface area contributed by atoms with Crippen molar-refractivity contribution in [1.29, 1.82) is 0 Å². The van der Waals surface area contributed by atoms with Crippen LogP contribution in [0.3, 0.4) is 0 Å². The molecule has 3 heterocycles. The molecule has 1 aromatic rings. The molecule has 0 radical (unpaired) electrons. The summed E-state index contributed by atoms with van der Waals surface area (Å²) < 4.78 is 5.31. The van der Waals surface area contributed by atoms with Gasteiger partial charge >= 0.3 is 0 Å². The van der Waals surface area contributed by atoms with Crippen molar-refractivity contribution in [1.82, 2.24) is 9.80 Å². The van der Waals surface area contributed by atoms with E-state index in [1.54, 1.807) is 0 Å². The van der Waals surface area contributed by atoms with E-state index in [2.05, 4.69) is 9.80 Å². The summed E-state index contributed by atoms with van der Waals surface area (Å²) in [7, 11) is 0. The zero-order valence-electron chi connectivity index (χ0n) is 11.8. The summed E-state index contributed by atoms with van der Waals surface area (Å²) >= 11 is 0. The van der Waals surface area contributed by atoms with Gasteiger partial charge in [-0.25, -0.2) is 0 Å². The van der Waals surface area contributed by atoms with Gasteiger partial charge in [0, 0.05) is 18.7 Å². The highest BCUT2D eigenvalue weighted by atomic mass is 16.4. The van der Waals surface area contributed by atoms with Crippen molar-refractivity contribution < 1.29 is 9.52 Å². The Labute approximate surface area is 118 Å². The van der Waals surface area contributed by atoms with Gasteiger partial charge in [-0.05, 0) is 45.3 Å². The normalized spacial score (nSPS) is 24.5. The molecule has 5 heteroatoms. The molecule has 0 aromatic carbocycles. The molecule has 20 heavy (non-hydrogen) atoms. The molecule has 2 aliphatic heterocycles. The molecule has 2 aliphatic rings. The molecule has 1 unspecified atom stereocenters. The fourth-order valence-corrected chi connectivity index (χ4v) is 3.30. The van der Waals surface area contributed by atoms with Crippen LogP contribution in [0.15, 0.2) is 21.5 Å². The largest absolute Gasteiger partial charge is 0.502 e. The molecule has 0 bridgehead atoms. The van der Waals surface area contributed by atoms with Gasteiger partial charge in [0.25, 0.3) is 0 Å². The van der Waals surface area contributed by atoms with Crippen LogP contribution in [0, 0.1) is 0 Å². The van der Waals surface area contributed by atoms with Gasteiger partial charge in [0.15, 0.2) is 5.75 Å². The van der Waals surface area contributed by atoms with E-state index in [0.717, 1.165) is 19.4 Å². The SMILES string of the molecule is O=c1cc(CN2CCCC2CN2CCCC2)occ1O. The minimum Gasteiger partial charge on any atom is -0.502 e. The summed E-state index contributed by atoms with van der Waals surface area (Å²) in [6.07, 6.45) is 6.21. The van der Waals surface area contributed by atoms with Gasteiger partial charge in [-0.2, -0.15) is 0 Å². The summed E-state index contributed by atoms with van der Waals surface area (Å²) in [5.41, 5.74) is -0.360. The second kappa shape index (κ2) is 5.97. The number of hydrogen-bond acceptors (Lipinski definition) is 5. The standard InChI is InChI=1S/C15H22N2O3/c18-14-8-13(20-11-15(14)19)10-17-7-3-4-12(17)9-16-5-1-2-6-16/h8,11-12,19H,1-7,9-10H2. The van der Waals surface area contributed by atoms with Crippen molar-refractivity contribution in [2.24, 2.45) is 0 Å². The van der Waals surface area contributed by atoms with Crippen LogP contribution in [-0.4, -0.2) is 47.1 Å². The minimum absolute atomic E-state index is 0.316. The Kier molecular flexibility index (Phi) is 4.08. The average Bonchev–Trinajstić information content (AvgIpc) is 3.07. The number of hydrogen-bond donors (Lipinski definition) is 1. The van der Waals surface area contributed by atoms with Gasteiger partial charge < -0.3 is 14.4 Å². The molecule has 0 aliphatic carbocycles. The first-order chi connectivity index (χ1) is 9.72. The van der Waals surface area contributed by atoms with Gasteiger partial charge in [-0.1, -0.05) is 0 Å².